The molecule has 2 rings (SSSR count). The average Bonchev–Trinajstić information content (AvgIpc) is 2.59. The molecule has 122 valence electrons. The molecular weight excluding hydrogens is 364 g/mol. The van der Waals surface area contributed by atoms with Gasteiger partial charge in [0.2, 0.25) is 5.75 Å². The lowest BCUT2D eigenvalue weighted by Crippen LogP contribution is -2.24. The Bertz CT molecular complexity index is 692. The molecule has 0 atom stereocenters. The van der Waals surface area contributed by atoms with Gasteiger partial charge in [-0.25, -0.2) is 0 Å². The van der Waals surface area contributed by atoms with Gasteiger partial charge in [-0.3, -0.25) is 9.78 Å². The molecule has 0 unspecified atom stereocenters. The Labute approximate surface area is 142 Å². The summed E-state index contributed by atoms with van der Waals surface area (Å²) < 4.78 is 16.4. The van der Waals surface area contributed by atoms with Gasteiger partial charge in [-0.2, -0.15) is 0 Å². The van der Waals surface area contributed by atoms with Crippen LogP contribution in [-0.2, 0) is 6.54 Å². The summed E-state index contributed by atoms with van der Waals surface area (Å²) in [4.78, 5) is 16.6. The second-order valence-corrected chi connectivity index (χ2v) is 5.30. The van der Waals surface area contributed by atoms with E-state index >= 15 is 0 Å². The third kappa shape index (κ3) is 3.73. The lowest BCUT2D eigenvalue weighted by atomic mass is 10.1. The second-order valence-electron chi connectivity index (χ2n) is 4.51. The van der Waals surface area contributed by atoms with E-state index in [1.807, 2.05) is 18.2 Å². The van der Waals surface area contributed by atoms with E-state index in [9.17, 15) is 4.79 Å². The number of methoxy groups -OCH3 is 3. The average molecular weight is 381 g/mol. The monoisotopic (exact) mass is 380 g/mol. The highest BCUT2D eigenvalue weighted by Gasteiger charge is 2.22. The van der Waals surface area contributed by atoms with Crippen LogP contribution >= 0.6 is 15.9 Å². The first kappa shape index (κ1) is 17.1. The van der Waals surface area contributed by atoms with Crippen molar-refractivity contribution < 1.29 is 19.0 Å². The van der Waals surface area contributed by atoms with Crippen LogP contribution in [-0.4, -0.2) is 32.2 Å². The first-order valence-corrected chi connectivity index (χ1v) is 7.58. The van der Waals surface area contributed by atoms with Crippen LogP contribution in [0.15, 0.2) is 34.9 Å². The van der Waals surface area contributed by atoms with Gasteiger partial charge in [0.25, 0.3) is 5.91 Å². The number of amides is 1. The number of nitrogens with zero attached hydrogens (tertiary/aromatic N) is 1. The van der Waals surface area contributed by atoms with E-state index in [0.29, 0.717) is 33.8 Å². The SMILES string of the molecule is COc1cc(C(=O)NCc2ccccn2)c(Br)c(OC)c1OC. The number of ether oxygens (including phenoxy) is 3. The molecule has 6 nitrogen and oxygen atoms in total. The summed E-state index contributed by atoms with van der Waals surface area (Å²) >= 11 is 3.39. The molecular formula is C16H17BrN2O4. The molecule has 0 spiro atoms. The zero-order valence-corrected chi connectivity index (χ0v) is 14.6. The smallest absolute Gasteiger partial charge is 0.253 e. The normalized spacial score (nSPS) is 10.1. The van der Waals surface area contributed by atoms with Crippen LogP contribution in [0.2, 0.25) is 0 Å². The maximum Gasteiger partial charge on any atom is 0.253 e. The summed E-state index contributed by atoms with van der Waals surface area (Å²) in [6, 6.07) is 7.12. The van der Waals surface area contributed by atoms with E-state index < -0.39 is 0 Å². The van der Waals surface area contributed by atoms with Crippen molar-refractivity contribution in [2.24, 2.45) is 0 Å². The van der Waals surface area contributed by atoms with Crippen molar-refractivity contribution in [1.82, 2.24) is 10.3 Å². The van der Waals surface area contributed by atoms with Crippen LogP contribution < -0.4 is 19.5 Å². The molecule has 2 aromatic rings. The van der Waals surface area contributed by atoms with E-state index in [0.717, 1.165) is 5.69 Å². The van der Waals surface area contributed by atoms with Gasteiger partial charge in [-0.15, -0.1) is 0 Å². The van der Waals surface area contributed by atoms with Crippen LogP contribution in [0.1, 0.15) is 16.1 Å². The number of halogens is 1. The number of carbonyl (C=O) groups excluding carboxylic acids is 1. The number of hydrogen-bond donors (Lipinski definition) is 1. The molecule has 0 aliphatic carbocycles. The van der Waals surface area contributed by atoms with Crippen LogP contribution in [0.25, 0.3) is 0 Å². The predicted octanol–water partition coefficient (Wildman–Crippen LogP) is 2.80. The number of benzene rings is 1. The van der Waals surface area contributed by atoms with Gasteiger partial charge in [0.1, 0.15) is 0 Å². The molecule has 0 aliphatic heterocycles. The van der Waals surface area contributed by atoms with Crippen LogP contribution in [0, 0.1) is 0 Å². The van der Waals surface area contributed by atoms with Gasteiger partial charge in [0.05, 0.1) is 43.6 Å². The third-order valence-electron chi connectivity index (χ3n) is 3.17. The van der Waals surface area contributed by atoms with Crippen molar-refractivity contribution in [2.45, 2.75) is 6.54 Å². The Balaban J connectivity index is 2.29. The van der Waals surface area contributed by atoms with E-state index in [-0.39, 0.29) is 5.91 Å². The largest absolute Gasteiger partial charge is 0.493 e. The summed E-state index contributed by atoms with van der Waals surface area (Å²) in [5, 5.41) is 2.81. The summed E-state index contributed by atoms with van der Waals surface area (Å²) in [5.41, 5.74) is 1.15. The van der Waals surface area contributed by atoms with Gasteiger partial charge in [-0.1, -0.05) is 6.07 Å². The lowest BCUT2D eigenvalue weighted by Gasteiger charge is -2.16. The summed E-state index contributed by atoms with van der Waals surface area (Å²) in [7, 11) is 4.51. The molecule has 0 radical (unpaired) electrons. The quantitative estimate of drug-likeness (QED) is 0.834. The third-order valence-corrected chi connectivity index (χ3v) is 3.96. The number of rotatable bonds is 6. The number of nitrogens with one attached hydrogen (secondary N) is 1. The molecule has 1 aromatic carbocycles. The van der Waals surface area contributed by atoms with Crippen LogP contribution in [0.4, 0.5) is 0 Å². The molecule has 0 aliphatic rings. The molecule has 1 N–H and O–H groups in total. The molecule has 0 bridgehead atoms. The number of aromatic nitrogens is 1. The van der Waals surface area contributed by atoms with Crippen molar-refractivity contribution in [3.63, 3.8) is 0 Å². The maximum absolute atomic E-state index is 12.5. The molecule has 0 saturated heterocycles. The molecule has 0 saturated carbocycles. The van der Waals surface area contributed by atoms with E-state index in [1.165, 1.54) is 21.3 Å². The Hall–Kier alpha value is -2.28. The minimum absolute atomic E-state index is 0.276. The van der Waals surface area contributed by atoms with Crippen molar-refractivity contribution in [1.29, 1.82) is 0 Å². The highest BCUT2D eigenvalue weighted by molar-refractivity contribution is 9.10. The van der Waals surface area contributed by atoms with Crippen molar-refractivity contribution >= 4 is 21.8 Å². The van der Waals surface area contributed by atoms with E-state index in [2.05, 4.69) is 26.2 Å². The van der Waals surface area contributed by atoms with Crippen molar-refractivity contribution in [3.8, 4) is 17.2 Å². The van der Waals surface area contributed by atoms with Crippen molar-refractivity contribution in [2.75, 3.05) is 21.3 Å². The molecule has 1 heterocycles. The fourth-order valence-electron chi connectivity index (χ4n) is 2.06. The minimum atomic E-state index is -0.276. The molecule has 0 fully saturated rings. The molecule has 1 aromatic heterocycles. The highest BCUT2D eigenvalue weighted by Crippen LogP contribution is 2.44. The van der Waals surface area contributed by atoms with Gasteiger partial charge in [0, 0.05) is 6.20 Å². The molecule has 1 amide bonds. The minimum Gasteiger partial charge on any atom is -0.493 e. The maximum atomic E-state index is 12.5. The first-order chi connectivity index (χ1) is 11.1. The summed E-state index contributed by atoms with van der Waals surface area (Å²) in [6.07, 6.45) is 1.68. The van der Waals surface area contributed by atoms with Gasteiger partial charge < -0.3 is 19.5 Å². The molecule has 23 heavy (non-hydrogen) atoms. The van der Waals surface area contributed by atoms with Crippen molar-refractivity contribution in [3.05, 3.63) is 46.2 Å². The molecule has 7 heteroatoms. The van der Waals surface area contributed by atoms with E-state index in [4.69, 9.17) is 14.2 Å². The Morgan fingerprint density at radius 3 is 2.48 bits per heavy atom. The number of hydrogen-bond acceptors (Lipinski definition) is 5. The zero-order valence-electron chi connectivity index (χ0n) is 13.1. The highest BCUT2D eigenvalue weighted by atomic mass is 79.9. The standard InChI is InChI=1S/C16H17BrN2O4/c1-21-12-8-11(13(17)15(23-3)14(12)22-2)16(20)19-9-10-6-4-5-7-18-10/h4-8H,9H2,1-3H3,(H,19,20). The number of pyridine rings is 1. The van der Waals surface area contributed by atoms with E-state index in [1.54, 1.807) is 12.3 Å². The van der Waals surface area contributed by atoms with Crippen LogP contribution in [0.3, 0.4) is 0 Å². The predicted molar refractivity (Wildman–Crippen MR) is 89.2 cm³/mol. The fraction of sp³-hybridized carbons (Fsp3) is 0.250. The summed E-state index contributed by atoms with van der Waals surface area (Å²) in [5.74, 6) is 0.954. The fourth-order valence-corrected chi connectivity index (χ4v) is 2.69. The second kappa shape index (κ2) is 7.82. The topological polar surface area (TPSA) is 69.7 Å². The first-order valence-electron chi connectivity index (χ1n) is 6.79. The van der Waals surface area contributed by atoms with Gasteiger partial charge in [-0.05, 0) is 34.1 Å². The Kier molecular flexibility index (Phi) is 5.81. The lowest BCUT2D eigenvalue weighted by molar-refractivity contribution is 0.0948. The number of carbonyl (C=O) groups is 1. The zero-order chi connectivity index (χ0) is 16.8. The summed E-state index contributed by atoms with van der Waals surface area (Å²) in [6.45, 7) is 0.322. The van der Waals surface area contributed by atoms with Gasteiger partial charge >= 0.3 is 0 Å². The van der Waals surface area contributed by atoms with Crippen LogP contribution in [0.5, 0.6) is 17.2 Å². The Morgan fingerprint density at radius 1 is 1.17 bits per heavy atom. The van der Waals surface area contributed by atoms with Gasteiger partial charge in [0.15, 0.2) is 11.5 Å². The Morgan fingerprint density at radius 2 is 1.91 bits per heavy atom.